The van der Waals surface area contributed by atoms with E-state index < -0.39 is 6.04 Å². The Bertz CT molecular complexity index is 1170. The van der Waals surface area contributed by atoms with Crippen LogP contribution < -0.4 is 10.1 Å². The second-order valence-corrected chi connectivity index (χ2v) is 10.9. The maximum atomic E-state index is 13.7. The van der Waals surface area contributed by atoms with Crippen LogP contribution in [0.3, 0.4) is 0 Å². The molecule has 1 heterocycles. The van der Waals surface area contributed by atoms with Gasteiger partial charge in [0.1, 0.15) is 23.8 Å². The third-order valence-electron chi connectivity index (χ3n) is 6.41. The topological polar surface area (TPSA) is 58.6 Å². The molecule has 0 radical (unpaired) electrons. The first-order chi connectivity index (χ1) is 17.3. The molecule has 188 valence electrons. The number of halogens is 1. The van der Waals surface area contributed by atoms with Crippen molar-refractivity contribution in [1.29, 1.82) is 0 Å². The number of nitrogens with zero attached hydrogens (tertiary/aromatic N) is 1. The Morgan fingerprint density at radius 2 is 1.67 bits per heavy atom. The quantitative estimate of drug-likeness (QED) is 0.375. The number of ether oxygens (including phenoxy) is 1. The van der Waals surface area contributed by atoms with Crippen molar-refractivity contribution in [2.45, 2.75) is 44.8 Å². The van der Waals surface area contributed by atoms with Crippen LogP contribution in [0.4, 0.5) is 0 Å². The number of carbonyl (C=O) groups is 2. The van der Waals surface area contributed by atoms with Crippen molar-refractivity contribution < 1.29 is 14.3 Å². The predicted molar refractivity (Wildman–Crippen MR) is 146 cm³/mol. The van der Waals surface area contributed by atoms with E-state index in [2.05, 4.69) is 19.2 Å². The number of rotatable bonds is 8. The Kier molecular flexibility index (Phi) is 8.60. The molecule has 36 heavy (non-hydrogen) atoms. The van der Waals surface area contributed by atoms with E-state index in [1.54, 1.807) is 40.9 Å². The summed E-state index contributed by atoms with van der Waals surface area (Å²) in [6.45, 7) is 6.60. The normalized spacial score (nSPS) is 18.2. The Morgan fingerprint density at radius 1 is 1.00 bits per heavy atom. The molecule has 1 fully saturated rings. The molecule has 1 aliphatic rings. The van der Waals surface area contributed by atoms with Crippen LogP contribution in [0.15, 0.2) is 78.9 Å². The van der Waals surface area contributed by atoms with Gasteiger partial charge in [-0.25, -0.2) is 0 Å². The van der Waals surface area contributed by atoms with Crippen LogP contribution in [0, 0.1) is 5.92 Å². The van der Waals surface area contributed by atoms with E-state index in [1.165, 1.54) is 0 Å². The van der Waals surface area contributed by atoms with Crippen LogP contribution >= 0.6 is 23.4 Å². The van der Waals surface area contributed by atoms with Crippen molar-refractivity contribution in [2.24, 2.45) is 5.92 Å². The molecule has 5 nitrogen and oxygen atoms in total. The zero-order valence-corrected chi connectivity index (χ0v) is 22.3. The zero-order chi connectivity index (χ0) is 25.7. The van der Waals surface area contributed by atoms with Crippen LogP contribution in [0.1, 0.15) is 47.6 Å². The Balaban J connectivity index is 1.55. The first-order valence-corrected chi connectivity index (χ1v) is 13.5. The first kappa shape index (κ1) is 26.1. The lowest BCUT2D eigenvalue weighted by Crippen LogP contribution is -2.50. The van der Waals surface area contributed by atoms with Crippen molar-refractivity contribution in [1.82, 2.24) is 10.2 Å². The SMILES string of the molecule is CC(C)C(C)NC(=O)C1CSC(c2ccc(OCc3ccccc3)cc2)N1C(=O)c1ccc(Cl)cc1. The lowest BCUT2D eigenvalue weighted by Gasteiger charge is -2.30. The zero-order valence-electron chi connectivity index (χ0n) is 20.7. The number of benzene rings is 3. The van der Waals surface area contributed by atoms with Gasteiger partial charge in [-0.2, -0.15) is 0 Å². The fraction of sp³-hybridized carbons (Fsp3) is 0.310. The molecule has 3 unspecified atom stereocenters. The molecule has 0 saturated carbocycles. The van der Waals surface area contributed by atoms with Gasteiger partial charge < -0.3 is 15.0 Å². The number of amides is 2. The van der Waals surface area contributed by atoms with Crippen molar-refractivity contribution >= 4 is 35.2 Å². The second kappa shape index (κ2) is 11.8. The lowest BCUT2D eigenvalue weighted by molar-refractivity contribution is -0.125. The summed E-state index contributed by atoms with van der Waals surface area (Å²) in [5, 5.41) is 3.36. The van der Waals surface area contributed by atoms with Crippen LogP contribution in [-0.2, 0) is 11.4 Å². The van der Waals surface area contributed by atoms with Crippen LogP contribution in [0.5, 0.6) is 5.75 Å². The molecular formula is C29H31ClN2O3S. The molecule has 0 spiro atoms. The van der Waals surface area contributed by atoms with Crippen molar-refractivity contribution in [3.05, 3.63) is 101 Å². The fourth-order valence-electron chi connectivity index (χ4n) is 3.91. The smallest absolute Gasteiger partial charge is 0.255 e. The number of carbonyl (C=O) groups excluding carboxylic acids is 2. The molecule has 1 N–H and O–H groups in total. The van der Waals surface area contributed by atoms with Gasteiger partial charge in [-0.15, -0.1) is 11.8 Å². The molecule has 3 atom stereocenters. The summed E-state index contributed by atoms with van der Waals surface area (Å²) in [5.74, 6) is 1.25. The van der Waals surface area contributed by atoms with Gasteiger partial charge in [0.2, 0.25) is 5.91 Å². The van der Waals surface area contributed by atoms with Crippen LogP contribution in [-0.4, -0.2) is 34.6 Å². The fourth-order valence-corrected chi connectivity index (χ4v) is 5.47. The molecule has 0 aromatic heterocycles. The molecule has 2 amide bonds. The number of thioether (sulfide) groups is 1. The highest BCUT2D eigenvalue weighted by Crippen LogP contribution is 2.43. The largest absolute Gasteiger partial charge is 0.489 e. The van der Waals surface area contributed by atoms with E-state index in [1.807, 2.05) is 61.5 Å². The van der Waals surface area contributed by atoms with Gasteiger partial charge in [0, 0.05) is 22.4 Å². The summed E-state index contributed by atoms with van der Waals surface area (Å²) >= 11 is 7.64. The average molecular weight is 523 g/mol. The maximum Gasteiger partial charge on any atom is 0.255 e. The molecule has 0 aliphatic carbocycles. The third-order valence-corrected chi connectivity index (χ3v) is 7.99. The Morgan fingerprint density at radius 3 is 2.31 bits per heavy atom. The van der Waals surface area contributed by atoms with E-state index >= 15 is 0 Å². The summed E-state index contributed by atoms with van der Waals surface area (Å²) in [4.78, 5) is 28.6. The minimum Gasteiger partial charge on any atom is -0.489 e. The summed E-state index contributed by atoms with van der Waals surface area (Å²) in [6, 6.07) is 24.0. The van der Waals surface area contributed by atoms with Crippen LogP contribution in [0.25, 0.3) is 0 Å². The van der Waals surface area contributed by atoms with Gasteiger partial charge in [-0.05, 0) is 60.4 Å². The summed E-state index contributed by atoms with van der Waals surface area (Å²) in [5.41, 5.74) is 2.54. The molecule has 1 aliphatic heterocycles. The molecule has 1 saturated heterocycles. The molecule has 7 heteroatoms. The highest BCUT2D eigenvalue weighted by Gasteiger charge is 2.43. The molecular weight excluding hydrogens is 492 g/mol. The van der Waals surface area contributed by atoms with Gasteiger partial charge in [0.05, 0.1) is 0 Å². The van der Waals surface area contributed by atoms with E-state index in [0.717, 1.165) is 16.9 Å². The minimum absolute atomic E-state index is 0.00933. The van der Waals surface area contributed by atoms with E-state index in [-0.39, 0.29) is 23.2 Å². The number of hydrogen-bond donors (Lipinski definition) is 1. The van der Waals surface area contributed by atoms with Crippen LogP contribution in [0.2, 0.25) is 5.02 Å². The summed E-state index contributed by atoms with van der Waals surface area (Å²) in [7, 11) is 0. The highest BCUT2D eigenvalue weighted by molar-refractivity contribution is 7.99. The number of hydrogen-bond acceptors (Lipinski definition) is 4. The van der Waals surface area contributed by atoms with Gasteiger partial charge in [-0.3, -0.25) is 9.59 Å². The highest BCUT2D eigenvalue weighted by atomic mass is 35.5. The minimum atomic E-state index is -0.571. The van der Waals surface area contributed by atoms with E-state index in [0.29, 0.717) is 28.9 Å². The lowest BCUT2D eigenvalue weighted by atomic mass is 10.1. The Labute approximate surface area is 222 Å². The average Bonchev–Trinajstić information content (AvgIpc) is 3.33. The van der Waals surface area contributed by atoms with Gasteiger partial charge in [0.15, 0.2) is 0 Å². The molecule has 0 bridgehead atoms. The van der Waals surface area contributed by atoms with E-state index in [4.69, 9.17) is 16.3 Å². The maximum absolute atomic E-state index is 13.7. The Hall–Kier alpha value is -2.96. The predicted octanol–water partition coefficient (Wildman–Crippen LogP) is 6.34. The van der Waals surface area contributed by atoms with E-state index in [9.17, 15) is 9.59 Å². The van der Waals surface area contributed by atoms with Crippen molar-refractivity contribution in [3.8, 4) is 5.75 Å². The van der Waals surface area contributed by atoms with Crippen molar-refractivity contribution in [2.75, 3.05) is 5.75 Å². The summed E-state index contributed by atoms with van der Waals surface area (Å²) in [6.07, 6.45) is 0. The van der Waals surface area contributed by atoms with Gasteiger partial charge >= 0.3 is 0 Å². The summed E-state index contributed by atoms with van der Waals surface area (Å²) < 4.78 is 5.93. The third kappa shape index (κ3) is 6.23. The monoisotopic (exact) mass is 522 g/mol. The molecule has 4 rings (SSSR count). The second-order valence-electron chi connectivity index (χ2n) is 9.31. The molecule has 3 aromatic rings. The van der Waals surface area contributed by atoms with Gasteiger partial charge in [-0.1, -0.05) is 67.9 Å². The standard InChI is InChI=1S/C29H31ClN2O3S/c1-19(2)20(3)31-27(33)26-18-36-29(32(26)28(34)22-9-13-24(30)14-10-22)23-11-15-25(16-12-23)35-17-21-7-5-4-6-8-21/h4-16,19-20,26,29H,17-18H2,1-3H3,(H,31,33). The molecule has 3 aromatic carbocycles. The number of nitrogens with one attached hydrogen (secondary N) is 1. The van der Waals surface area contributed by atoms with Gasteiger partial charge in [0.25, 0.3) is 5.91 Å². The van der Waals surface area contributed by atoms with Crippen molar-refractivity contribution in [3.63, 3.8) is 0 Å². The first-order valence-electron chi connectivity index (χ1n) is 12.1.